The normalized spacial score (nSPS) is 19.6. The van der Waals surface area contributed by atoms with E-state index in [0.717, 1.165) is 6.07 Å². The van der Waals surface area contributed by atoms with Gasteiger partial charge in [-0.3, -0.25) is 4.79 Å². The Kier molecular flexibility index (Phi) is 4.24. The SMILES string of the molecule is O=C(O)N1CCCC(c2ccc(=O)n(CC(F)(F)F)c2)C1. The van der Waals surface area contributed by atoms with E-state index in [2.05, 4.69) is 0 Å². The van der Waals surface area contributed by atoms with Crippen LogP contribution in [-0.4, -0.2) is 39.9 Å². The Morgan fingerprint density at radius 1 is 1.38 bits per heavy atom. The summed E-state index contributed by atoms with van der Waals surface area (Å²) in [7, 11) is 0. The molecule has 1 amide bonds. The zero-order valence-corrected chi connectivity index (χ0v) is 11.1. The van der Waals surface area contributed by atoms with Gasteiger partial charge in [-0.15, -0.1) is 0 Å². The molecule has 5 nitrogen and oxygen atoms in total. The summed E-state index contributed by atoms with van der Waals surface area (Å²) < 4.78 is 37.9. The Morgan fingerprint density at radius 3 is 2.71 bits per heavy atom. The van der Waals surface area contributed by atoms with Gasteiger partial charge in [0.1, 0.15) is 6.54 Å². The Bertz CT molecular complexity index is 583. The number of carbonyl (C=O) groups is 1. The number of halogens is 3. The minimum absolute atomic E-state index is 0.185. The summed E-state index contributed by atoms with van der Waals surface area (Å²) in [6.07, 6.45) is -2.99. The van der Waals surface area contributed by atoms with Crippen LogP contribution in [0.5, 0.6) is 0 Å². The number of piperidine rings is 1. The lowest BCUT2D eigenvalue weighted by atomic mass is 9.92. The van der Waals surface area contributed by atoms with Crippen molar-refractivity contribution in [3.05, 3.63) is 34.2 Å². The summed E-state index contributed by atoms with van der Waals surface area (Å²) in [5.41, 5.74) is -0.160. The lowest BCUT2D eigenvalue weighted by Gasteiger charge is -2.31. The topological polar surface area (TPSA) is 62.5 Å². The number of pyridine rings is 1. The summed E-state index contributed by atoms with van der Waals surface area (Å²) in [5, 5.41) is 8.98. The molecule has 21 heavy (non-hydrogen) atoms. The largest absolute Gasteiger partial charge is 0.465 e. The minimum atomic E-state index is -4.47. The summed E-state index contributed by atoms with van der Waals surface area (Å²) in [6, 6.07) is 2.58. The Labute approximate surface area is 118 Å². The molecule has 2 rings (SSSR count). The molecule has 2 heterocycles. The van der Waals surface area contributed by atoms with Crippen LogP contribution in [0.15, 0.2) is 23.1 Å². The molecule has 0 aromatic carbocycles. The molecule has 116 valence electrons. The maximum Gasteiger partial charge on any atom is 0.407 e. The number of rotatable bonds is 2. The van der Waals surface area contributed by atoms with Gasteiger partial charge in [-0.05, 0) is 18.4 Å². The van der Waals surface area contributed by atoms with E-state index in [1.165, 1.54) is 17.2 Å². The quantitative estimate of drug-likeness (QED) is 0.911. The second-order valence-electron chi connectivity index (χ2n) is 5.11. The molecule has 1 aromatic rings. The molecule has 1 saturated heterocycles. The average molecular weight is 304 g/mol. The highest BCUT2D eigenvalue weighted by Gasteiger charge is 2.29. The third kappa shape index (κ3) is 3.99. The Balaban J connectivity index is 2.22. The second-order valence-corrected chi connectivity index (χ2v) is 5.11. The molecule has 0 bridgehead atoms. The molecule has 8 heteroatoms. The Morgan fingerprint density at radius 2 is 2.10 bits per heavy atom. The number of nitrogens with zero attached hydrogens (tertiary/aromatic N) is 2. The zero-order chi connectivity index (χ0) is 15.6. The predicted octanol–water partition coefficient (Wildman–Crippen LogP) is 2.27. The molecule has 1 fully saturated rings. The van der Waals surface area contributed by atoms with E-state index in [-0.39, 0.29) is 12.5 Å². The Hall–Kier alpha value is -1.99. The van der Waals surface area contributed by atoms with E-state index in [0.29, 0.717) is 29.5 Å². The molecule has 0 aliphatic carbocycles. The molecule has 1 aromatic heterocycles. The van der Waals surface area contributed by atoms with E-state index in [1.54, 1.807) is 0 Å². The summed E-state index contributed by atoms with van der Waals surface area (Å²) in [5.74, 6) is -0.185. The number of carboxylic acid groups (broad SMARTS) is 1. The molecule has 1 aliphatic heterocycles. The van der Waals surface area contributed by atoms with Crippen molar-refractivity contribution >= 4 is 6.09 Å². The van der Waals surface area contributed by atoms with Gasteiger partial charge in [0.05, 0.1) is 0 Å². The van der Waals surface area contributed by atoms with Gasteiger partial charge in [-0.25, -0.2) is 4.79 Å². The van der Waals surface area contributed by atoms with Crippen molar-refractivity contribution in [2.45, 2.75) is 31.5 Å². The van der Waals surface area contributed by atoms with E-state index in [1.807, 2.05) is 0 Å². The van der Waals surface area contributed by atoms with Gasteiger partial charge in [0.15, 0.2) is 0 Å². The number of amides is 1. The van der Waals surface area contributed by atoms with Gasteiger partial charge in [0.2, 0.25) is 0 Å². The first kappa shape index (κ1) is 15.4. The molecule has 1 aliphatic rings. The van der Waals surface area contributed by atoms with Crippen LogP contribution in [0.25, 0.3) is 0 Å². The van der Waals surface area contributed by atoms with Crippen molar-refractivity contribution in [3.8, 4) is 0 Å². The van der Waals surface area contributed by atoms with Crippen LogP contribution in [0.2, 0.25) is 0 Å². The monoisotopic (exact) mass is 304 g/mol. The van der Waals surface area contributed by atoms with Crippen molar-refractivity contribution < 1.29 is 23.1 Å². The molecule has 0 spiro atoms. The van der Waals surface area contributed by atoms with Crippen molar-refractivity contribution in [1.82, 2.24) is 9.47 Å². The van der Waals surface area contributed by atoms with Gasteiger partial charge >= 0.3 is 12.3 Å². The molecule has 1 N–H and O–H groups in total. The highest BCUT2D eigenvalue weighted by Crippen LogP contribution is 2.26. The molecule has 1 atom stereocenters. The van der Waals surface area contributed by atoms with Crippen molar-refractivity contribution in [2.75, 3.05) is 13.1 Å². The number of hydrogen-bond donors (Lipinski definition) is 1. The van der Waals surface area contributed by atoms with Gasteiger partial charge in [-0.1, -0.05) is 6.07 Å². The summed E-state index contributed by atoms with van der Waals surface area (Å²) in [6.45, 7) is -0.678. The first-order valence-corrected chi connectivity index (χ1v) is 6.51. The van der Waals surface area contributed by atoms with E-state index in [4.69, 9.17) is 5.11 Å². The fourth-order valence-electron chi connectivity index (χ4n) is 2.53. The number of likely N-dealkylation sites (tertiary alicyclic amines) is 1. The third-order valence-corrected chi connectivity index (χ3v) is 3.52. The van der Waals surface area contributed by atoms with Crippen LogP contribution < -0.4 is 5.56 Å². The van der Waals surface area contributed by atoms with Gasteiger partial charge in [0.25, 0.3) is 5.56 Å². The van der Waals surface area contributed by atoms with Crippen molar-refractivity contribution in [1.29, 1.82) is 0 Å². The predicted molar refractivity (Wildman–Crippen MR) is 68.3 cm³/mol. The average Bonchev–Trinajstić information content (AvgIpc) is 2.40. The van der Waals surface area contributed by atoms with E-state index >= 15 is 0 Å². The zero-order valence-electron chi connectivity index (χ0n) is 11.1. The van der Waals surface area contributed by atoms with Gasteiger partial charge in [-0.2, -0.15) is 13.2 Å². The van der Waals surface area contributed by atoms with Crippen molar-refractivity contribution in [3.63, 3.8) is 0 Å². The third-order valence-electron chi connectivity index (χ3n) is 3.52. The molecule has 0 saturated carbocycles. The highest BCUT2D eigenvalue weighted by molar-refractivity contribution is 5.65. The number of alkyl halides is 3. The second kappa shape index (κ2) is 5.79. The van der Waals surface area contributed by atoms with Crippen LogP contribution in [0.4, 0.5) is 18.0 Å². The maximum absolute atomic E-state index is 12.4. The first-order chi connectivity index (χ1) is 9.76. The fourth-order valence-corrected chi connectivity index (χ4v) is 2.53. The fraction of sp³-hybridized carbons (Fsp3) is 0.538. The van der Waals surface area contributed by atoms with Crippen LogP contribution in [-0.2, 0) is 6.54 Å². The van der Waals surface area contributed by atoms with E-state index in [9.17, 15) is 22.8 Å². The smallest absolute Gasteiger partial charge is 0.407 e. The first-order valence-electron chi connectivity index (χ1n) is 6.51. The molecule has 1 unspecified atom stereocenters. The molecular weight excluding hydrogens is 289 g/mol. The van der Waals surface area contributed by atoms with Crippen LogP contribution in [0.1, 0.15) is 24.3 Å². The van der Waals surface area contributed by atoms with E-state index < -0.39 is 24.4 Å². The number of aromatic nitrogens is 1. The minimum Gasteiger partial charge on any atom is -0.465 e. The van der Waals surface area contributed by atoms with Crippen LogP contribution >= 0.6 is 0 Å². The summed E-state index contributed by atoms with van der Waals surface area (Å²) in [4.78, 5) is 23.7. The van der Waals surface area contributed by atoms with Crippen molar-refractivity contribution in [2.24, 2.45) is 0 Å². The highest BCUT2D eigenvalue weighted by atomic mass is 19.4. The van der Waals surface area contributed by atoms with Crippen LogP contribution in [0.3, 0.4) is 0 Å². The standard InChI is InChI=1S/C13H15F3N2O3/c14-13(15,16)8-18-7-10(3-4-11(18)19)9-2-1-5-17(6-9)12(20)21/h3-4,7,9H,1-2,5-6,8H2,(H,20,21). The summed E-state index contributed by atoms with van der Waals surface area (Å²) >= 11 is 0. The molecule has 0 radical (unpaired) electrons. The number of hydrogen-bond acceptors (Lipinski definition) is 2. The van der Waals surface area contributed by atoms with Gasteiger partial charge < -0.3 is 14.6 Å². The lowest BCUT2D eigenvalue weighted by molar-refractivity contribution is -0.141. The molecular formula is C13H15F3N2O3. The lowest BCUT2D eigenvalue weighted by Crippen LogP contribution is -2.38. The maximum atomic E-state index is 12.4. The van der Waals surface area contributed by atoms with Gasteiger partial charge in [0, 0.05) is 31.3 Å². The van der Waals surface area contributed by atoms with Crippen LogP contribution in [0, 0.1) is 0 Å².